The molecule has 0 spiro atoms. The van der Waals surface area contributed by atoms with Gasteiger partial charge in [0.2, 0.25) is 0 Å². The summed E-state index contributed by atoms with van der Waals surface area (Å²) in [4.78, 5) is 2.24. The molecule has 0 saturated carbocycles. The fourth-order valence-corrected chi connectivity index (χ4v) is 2.93. The van der Waals surface area contributed by atoms with E-state index in [1.54, 1.807) is 0 Å². The molecule has 0 N–H and O–H groups in total. The van der Waals surface area contributed by atoms with Crippen molar-refractivity contribution >= 4 is 39.7 Å². The number of fused-ring (bicyclic) bond motifs is 2. The van der Waals surface area contributed by atoms with Crippen molar-refractivity contribution in [2.45, 2.75) is 0 Å². The highest BCUT2D eigenvalue weighted by Crippen LogP contribution is 2.49. The lowest BCUT2D eigenvalue weighted by Gasteiger charge is -2.32. The van der Waals surface area contributed by atoms with Gasteiger partial charge >= 0.3 is 0 Å². The molecule has 21 heavy (non-hydrogen) atoms. The van der Waals surface area contributed by atoms with Gasteiger partial charge in [-0.3, -0.25) is 0 Å². The van der Waals surface area contributed by atoms with Crippen LogP contribution in [0.3, 0.4) is 0 Å². The van der Waals surface area contributed by atoms with Crippen LogP contribution in [0.15, 0.2) is 72.8 Å². The molecule has 0 aliphatic carbocycles. The minimum absolute atomic E-state index is 0.884. The number of nitrogens with zero attached hydrogens (tertiary/aromatic N) is 1. The van der Waals surface area contributed by atoms with Crippen LogP contribution in [0.5, 0.6) is 11.5 Å². The molecule has 1 heterocycles. The molecule has 4 rings (SSSR count). The summed E-state index contributed by atoms with van der Waals surface area (Å²) in [5.41, 5.74) is 3.27. The van der Waals surface area contributed by atoms with Gasteiger partial charge in [-0.25, -0.2) is 0 Å². The quantitative estimate of drug-likeness (QED) is 0.380. The monoisotopic (exact) mass is 385 g/mol. The van der Waals surface area contributed by atoms with Crippen LogP contribution in [0, 0.1) is 3.57 Å². The van der Waals surface area contributed by atoms with Crippen LogP contribution >= 0.6 is 22.6 Å². The average Bonchev–Trinajstić information content (AvgIpc) is 2.53. The largest absolute Gasteiger partial charge is 0.453 e. The smallest absolute Gasteiger partial charge is 0.151 e. The SMILES string of the molecule is Ic1ccc(N2c3ccccc3Oc3ccccc32)cc1. The normalized spacial score (nSPS) is 12.3. The molecule has 0 aromatic heterocycles. The van der Waals surface area contributed by atoms with E-state index < -0.39 is 0 Å². The predicted octanol–water partition coefficient (Wildman–Crippen LogP) is 5.87. The molecule has 0 saturated heterocycles. The third-order valence-corrected chi connectivity index (χ3v) is 4.24. The minimum atomic E-state index is 0.884. The zero-order valence-electron chi connectivity index (χ0n) is 11.2. The molecule has 0 fully saturated rings. The van der Waals surface area contributed by atoms with E-state index in [-0.39, 0.29) is 0 Å². The Morgan fingerprint density at radius 1 is 0.667 bits per heavy atom. The lowest BCUT2D eigenvalue weighted by Crippen LogP contribution is -2.15. The van der Waals surface area contributed by atoms with Crippen molar-refractivity contribution in [1.29, 1.82) is 0 Å². The first kappa shape index (κ1) is 12.7. The molecule has 3 aromatic carbocycles. The highest BCUT2D eigenvalue weighted by atomic mass is 127. The summed E-state index contributed by atoms with van der Waals surface area (Å²) in [5, 5.41) is 0. The molecule has 1 aliphatic rings. The van der Waals surface area contributed by atoms with Gasteiger partial charge in [-0.2, -0.15) is 0 Å². The zero-order chi connectivity index (χ0) is 14.2. The van der Waals surface area contributed by atoms with E-state index in [1.807, 2.05) is 36.4 Å². The van der Waals surface area contributed by atoms with Crippen molar-refractivity contribution < 1.29 is 4.74 Å². The molecule has 0 radical (unpaired) electrons. The maximum absolute atomic E-state index is 6.01. The van der Waals surface area contributed by atoms with Crippen molar-refractivity contribution in [3.05, 3.63) is 76.4 Å². The predicted molar refractivity (Wildman–Crippen MR) is 93.9 cm³/mol. The van der Waals surface area contributed by atoms with Crippen LogP contribution in [0.1, 0.15) is 0 Å². The molecule has 3 heteroatoms. The Balaban J connectivity index is 1.95. The Hall–Kier alpha value is -2.01. The molecule has 0 bridgehead atoms. The summed E-state index contributed by atoms with van der Waals surface area (Å²) in [6.07, 6.45) is 0. The van der Waals surface area contributed by atoms with E-state index in [1.165, 1.54) is 3.57 Å². The summed E-state index contributed by atoms with van der Waals surface area (Å²) in [7, 11) is 0. The minimum Gasteiger partial charge on any atom is -0.453 e. The lowest BCUT2D eigenvalue weighted by molar-refractivity contribution is 0.477. The molecule has 2 nitrogen and oxygen atoms in total. The van der Waals surface area contributed by atoms with E-state index in [2.05, 4.69) is 63.9 Å². The number of hydrogen-bond acceptors (Lipinski definition) is 2. The zero-order valence-corrected chi connectivity index (χ0v) is 13.3. The Kier molecular flexibility index (Phi) is 3.07. The molecule has 0 unspecified atom stereocenters. The molecule has 102 valence electrons. The van der Waals surface area contributed by atoms with Gasteiger partial charge in [0.05, 0.1) is 11.4 Å². The molecule has 0 amide bonds. The fraction of sp³-hybridized carbons (Fsp3) is 0. The Bertz CT molecular complexity index is 753. The Labute approximate surface area is 137 Å². The fourth-order valence-electron chi connectivity index (χ4n) is 2.57. The maximum atomic E-state index is 6.01. The van der Waals surface area contributed by atoms with Gasteiger partial charge in [0.25, 0.3) is 0 Å². The summed E-state index contributed by atoms with van der Waals surface area (Å²) in [5.74, 6) is 1.77. The van der Waals surface area contributed by atoms with Crippen molar-refractivity contribution in [3.63, 3.8) is 0 Å². The van der Waals surface area contributed by atoms with Gasteiger partial charge in [0, 0.05) is 9.26 Å². The van der Waals surface area contributed by atoms with E-state index >= 15 is 0 Å². The number of ether oxygens (including phenoxy) is 1. The van der Waals surface area contributed by atoms with Crippen LogP contribution in [0.25, 0.3) is 0 Å². The lowest BCUT2D eigenvalue weighted by atomic mass is 10.1. The second-order valence-corrected chi connectivity index (χ2v) is 6.09. The summed E-state index contributed by atoms with van der Waals surface area (Å²) in [6, 6.07) is 24.8. The Morgan fingerprint density at radius 2 is 1.19 bits per heavy atom. The second kappa shape index (κ2) is 5.07. The number of hydrogen-bond donors (Lipinski definition) is 0. The maximum Gasteiger partial charge on any atom is 0.151 e. The first-order valence-electron chi connectivity index (χ1n) is 6.74. The molecular weight excluding hydrogens is 373 g/mol. The van der Waals surface area contributed by atoms with Gasteiger partial charge in [-0.15, -0.1) is 0 Å². The summed E-state index contributed by atoms with van der Waals surface area (Å²) >= 11 is 2.32. The van der Waals surface area contributed by atoms with Crippen molar-refractivity contribution in [2.24, 2.45) is 0 Å². The van der Waals surface area contributed by atoms with Crippen molar-refractivity contribution in [2.75, 3.05) is 4.90 Å². The molecule has 1 aliphatic heterocycles. The van der Waals surface area contributed by atoms with Crippen LogP contribution < -0.4 is 9.64 Å². The molecular formula is C18H12INO. The third kappa shape index (κ3) is 2.17. The third-order valence-electron chi connectivity index (χ3n) is 3.52. The van der Waals surface area contributed by atoms with E-state index in [0.717, 1.165) is 28.6 Å². The summed E-state index contributed by atoms with van der Waals surface area (Å²) in [6.45, 7) is 0. The average molecular weight is 385 g/mol. The van der Waals surface area contributed by atoms with E-state index in [4.69, 9.17) is 4.74 Å². The standard InChI is InChI=1S/C18H12INO/c19-13-9-11-14(12-10-13)20-15-5-1-3-7-17(15)21-18-8-4-2-6-16(18)20/h1-12H. The highest BCUT2D eigenvalue weighted by molar-refractivity contribution is 14.1. The van der Waals surface area contributed by atoms with E-state index in [0.29, 0.717) is 0 Å². The number of anilines is 3. The van der Waals surface area contributed by atoms with Gasteiger partial charge in [-0.05, 0) is 71.1 Å². The molecule has 0 atom stereocenters. The van der Waals surface area contributed by atoms with Crippen LogP contribution in [0.4, 0.5) is 17.1 Å². The number of benzene rings is 3. The first-order valence-corrected chi connectivity index (χ1v) is 7.82. The van der Waals surface area contributed by atoms with Gasteiger partial charge in [-0.1, -0.05) is 24.3 Å². The second-order valence-electron chi connectivity index (χ2n) is 4.85. The summed E-state index contributed by atoms with van der Waals surface area (Å²) < 4.78 is 7.24. The van der Waals surface area contributed by atoms with Gasteiger partial charge < -0.3 is 9.64 Å². The number of halogens is 1. The topological polar surface area (TPSA) is 12.5 Å². The van der Waals surface area contributed by atoms with Crippen LogP contribution in [0.2, 0.25) is 0 Å². The van der Waals surface area contributed by atoms with Crippen LogP contribution in [-0.2, 0) is 0 Å². The highest BCUT2D eigenvalue weighted by Gasteiger charge is 2.24. The van der Waals surface area contributed by atoms with Crippen LogP contribution in [-0.4, -0.2) is 0 Å². The molecule has 3 aromatic rings. The first-order chi connectivity index (χ1) is 10.3. The van der Waals surface area contributed by atoms with Gasteiger partial charge in [0.1, 0.15) is 0 Å². The van der Waals surface area contributed by atoms with Gasteiger partial charge in [0.15, 0.2) is 11.5 Å². The van der Waals surface area contributed by atoms with Crippen molar-refractivity contribution in [1.82, 2.24) is 0 Å². The van der Waals surface area contributed by atoms with Crippen molar-refractivity contribution in [3.8, 4) is 11.5 Å². The number of rotatable bonds is 1. The van der Waals surface area contributed by atoms with E-state index in [9.17, 15) is 0 Å². The number of para-hydroxylation sites is 4. The Morgan fingerprint density at radius 3 is 1.76 bits per heavy atom.